The third-order valence-corrected chi connectivity index (χ3v) is 3.76. The maximum Gasteiger partial charge on any atom is 0.387 e. The highest BCUT2D eigenvalue weighted by Gasteiger charge is 2.09. The van der Waals surface area contributed by atoms with Crippen LogP contribution in [0.25, 0.3) is 0 Å². The quantitative estimate of drug-likeness (QED) is 0.760. The molecule has 5 heteroatoms. The fraction of sp³-hybridized carbons (Fsp3) is 0.250. The summed E-state index contributed by atoms with van der Waals surface area (Å²) in [6.07, 6.45) is 0. The number of rotatable bonds is 5. The van der Waals surface area contributed by atoms with E-state index in [9.17, 15) is 8.78 Å². The molecule has 0 aliphatic carbocycles. The van der Waals surface area contributed by atoms with Crippen molar-refractivity contribution in [3.05, 3.63) is 58.1 Å². The molecular formula is C16H16BrF2NO. The van der Waals surface area contributed by atoms with Gasteiger partial charge in [-0.15, -0.1) is 0 Å². The van der Waals surface area contributed by atoms with Crippen LogP contribution in [-0.2, 0) is 0 Å². The lowest BCUT2D eigenvalue weighted by Crippen LogP contribution is -2.07. The minimum Gasteiger partial charge on any atom is -0.435 e. The molecule has 2 aromatic carbocycles. The first-order valence-corrected chi connectivity index (χ1v) is 7.32. The Morgan fingerprint density at radius 3 is 2.33 bits per heavy atom. The summed E-state index contributed by atoms with van der Waals surface area (Å²) in [5.74, 6) is 0.164. The normalized spacial score (nSPS) is 12.3. The lowest BCUT2D eigenvalue weighted by molar-refractivity contribution is -0.0498. The van der Waals surface area contributed by atoms with Gasteiger partial charge in [0.2, 0.25) is 0 Å². The fourth-order valence-electron chi connectivity index (χ4n) is 1.99. The second-order valence-electron chi connectivity index (χ2n) is 4.80. The van der Waals surface area contributed by atoms with E-state index in [0.29, 0.717) is 0 Å². The van der Waals surface area contributed by atoms with Crippen molar-refractivity contribution in [1.82, 2.24) is 0 Å². The largest absolute Gasteiger partial charge is 0.435 e. The molecule has 112 valence electrons. The number of aryl methyl sites for hydroxylation is 1. The summed E-state index contributed by atoms with van der Waals surface area (Å²) in [5, 5.41) is 3.38. The van der Waals surface area contributed by atoms with Crippen LogP contribution in [0, 0.1) is 6.92 Å². The SMILES string of the molecule is Cc1ccc(NC(C)c2ccc(OC(F)F)cc2)c(Br)c1. The topological polar surface area (TPSA) is 21.3 Å². The highest BCUT2D eigenvalue weighted by molar-refractivity contribution is 9.10. The first-order chi connectivity index (χ1) is 9.95. The molecule has 1 unspecified atom stereocenters. The molecule has 0 saturated carbocycles. The molecule has 0 aromatic heterocycles. The summed E-state index contributed by atoms with van der Waals surface area (Å²) < 4.78 is 29.5. The zero-order chi connectivity index (χ0) is 15.4. The number of anilines is 1. The second kappa shape index (κ2) is 6.89. The van der Waals surface area contributed by atoms with Crippen LogP contribution in [0.15, 0.2) is 46.9 Å². The Labute approximate surface area is 131 Å². The van der Waals surface area contributed by atoms with Crippen molar-refractivity contribution in [2.45, 2.75) is 26.5 Å². The van der Waals surface area contributed by atoms with E-state index in [0.717, 1.165) is 15.7 Å². The van der Waals surface area contributed by atoms with Gasteiger partial charge in [-0.2, -0.15) is 8.78 Å². The van der Waals surface area contributed by atoms with Gasteiger partial charge in [0.25, 0.3) is 0 Å². The van der Waals surface area contributed by atoms with E-state index in [1.165, 1.54) is 5.56 Å². The monoisotopic (exact) mass is 355 g/mol. The van der Waals surface area contributed by atoms with E-state index in [1.54, 1.807) is 24.3 Å². The first kappa shape index (κ1) is 15.8. The van der Waals surface area contributed by atoms with Crippen LogP contribution in [-0.4, -0.2) is 6.61 Å². The predicted molar refractivity (Wildman–Crippen MR) is 84.0 cm³/mol. The van der Waals surface area contributed by atoms with Crippen molar-refractivity contribution in [3.8, 4) is 5.75 Å². The van der Waals surface area contributed by atoms with Gasteiger partial charge in [-0.25, -0.2) is 0 Å². The van der Waals surface area contributed by atoms with E-state index in [-0.39, 0.29) is 11.8 Å². The molecule has 1 N–H and O–H groups in total. The second-order valence-corrected chi connectivity index (χ2v) is 5.65. The maximum atomic E-state index is 12.1. The van der Waals surface area contributed by atoms with E-state index in [2.05, 4.69) is 26.0 Å². The van der Waals surface area contributed by atoms with Crippen molar-refractivity contribution < 1.29 is 13.5 Å². The molecule has 2 aromatic rings. The van der Waals surface area contributed by atoms with Crippen molar-refractivity contribution >= 4 is 21.6 Å². The highest BCUT2D eigenvalue weighted by Crippen LogP contribution is 2.28. The molecule has 0 bridgehead atoms. The number of hydrogen-bond donors (Lipinski definition) is 1. The Balaban J connectivity index is 2.07. The average Bonchev–Trinajstić information content (AvgIpc) is 2.42. The highest BCUT2D eigenvalue weighted by atomic mass is 79.9. The zero-order valence-corrected chi connectivity index (χ0v) is 13.3. The number of halogens is 3. The van der Waals surface area contributed by atoms with E-state index in [4.69, 9.17) is 0 Å². The summed E-state index contributed by atoms with van der Waals surface area (Å²) >= 11 is 3.52. The van der Waals surface area contributed by atoms with Gasteiger partial charge in [-0.05, 0) is 65.2 Å². The molecule has 0 radical (unpaired) electrons. The van der Waals surface area contributed by atoms with Gasteiger partial charge in [-0.3, -0.25) is 0 Å². The lowest BCUT2D eigenvalue weighted by atomic mass is 10.1. The summed E-state index contributed by atoms with van der Waals surface area (Å²) in [7, 11) is 0. The molecule has 0 heterocycles. The van der Waals surface area contributed by atoms with Crippen LogP contribution in [0.2, 0.25) is 0 Å². The molecule has 0 aliphatic rings. The number of hydrogen-bond acceptors (Lipinski definition) is 2. The van der Waals surface area contributed by atoms with Crippen LogP contribution in [0.4, 0.5) is 14.5 Å². The van der Waals surface area contributed by atoms with Gasteiger partial charge in [0.05, 0.1) is 0 Å². The first-order valence-electron chi connectivity index (χ1n) is 6.53. The number of nitrogens with one attached hydrogen (secondary N) is 1. The smallest absolute Gasteiger partial charge is 0.387 e. The van der Waals surface area contributed by atoms with Crippen molar-refractivity contribution in [1.29, 1.82) is 0 Å². The third-order valence-electron chi connectivity index (χ3n) is 3.10. The van der Waals surface area contributed by atoms with Crippen molar-refractivity contribution in [2.75, 3.05) is 5.32 Å². The minimum absolute atomic E-state index is 0.0459. The summed E-state index contributed by atoms with van der Waals surface area (Å²) in [5.41, 5.74) is 3.15. The van der Waals surface area contributed by atoms with Crippen LogP contribution < -0.4 is 10.1 Å². The molecule has 0 aliphatic heterocycles. The molecule has 0 saturated heterocycles. The molecule has 21 heavy (non-hydrogen) atoms. The fourth-order valence-corrected chi connectivity index (χ4v) is 2.60. The zero-order valence-electron chi connectivity index (χ0n) is 11.7. The summed E-state index contributed by atoms with van der Waals surface area (Å²) in [6.45, 7) is 1.24. The van der Waals surface area contributed by atoms with Crippen LogP contribution in [0.5, 0.6) is 5.75 Å². The molecular weight excluding hydrogens is 340 g/mol. The molecule has 0 fully saturated rings. The van der Waals surface area contributed by atoms with Crippen molar-refractivity contribution in [2.24, 2.45) is 0 Å². The average molecular weight is 356 g/mol. The molecule has 1 atom stereocenters. The van der Waals surface area contributed by atoms with Crippen molar-refractivity contribution in [3.63, 3.8) is 0 Å². The van der Waals surface area contributed by atoms with Crippen LogP contribution in [0.3, 0.4) is 0 Å². The minimum atomic E-state index is -2.80. The standard InChI is InChI=1S/C16H16BrF2NO/c1-10-3-8-15(14(17)9-10)20-11(2)12-4-6-13(7-5-12)21-16(18)19/h3-9,11,16,20H,1-2H3. The Bertz CT molecular complexity index is 602. The number of benzene rings is 2. The Morgan fingerprint density at radius 1 is 1.10 bits per heavy atom. The molecule has 0 spiro atoms. The summed E-state index contributed by atoms with van der Waals surface area (Å²) in [4.78, 5) is 0. The van der Waals surface area contributed by atoms with Crippen LogP contribution >= 0.6 is 15.9 Å². The van der Waals surface area contributed by atoms with Gasteiger partial charge >= 0.3 is 6.61 Å². The number of ether oxygens (including phenoxy) is 1. The van der Waals surface area contributed by atoms with E-state index < -0.39 is 6.61 Å². The number of alkyl halides is 2. The summed E-state index contributed by atoms with van der Waals surface area (Å²) in [6, 6.07) is 12.8. The lowest BCUT2D eigenvalue weighted by Gasteiger charge is -2.17. The Kier molecular flexibility index (Phi) is 5.17. The molecule has 2 rings (SSSR count). The maximum absolute atomic E-state index is 12.1. The van der Waals surface area contributed by atoms with Gasteiger partial charge < -0.3 is 10.1 Å². The Hall–Kier alpha value is -1.62. The van der Waals surface area contributed by atoms with E-state index >= 15 is 0 Å². The van der Waals surface area contributed by atoms with Gasteiger partial charge in [0, 0.05) is 16.2 Å². The predicted octanol–water partition coefficient (Wildman–Crippen LogP) is 5.53. The van der Waals surface area contributed by atoms with Gasteiger partial charge in [-0.1, -0.05) is 18.2 Å². The van der Waals surface area contributed by atoms with E-state index in [1.807, 2.05) is 32.0 Å². The van der Waals surface area contributed by atoms with Gasteiger partial charge in [0.1, 0.15) is 5.75 Å². The molecule has 2 nitrogen and oxygen atoms in total. The van der Waals surface area contributed by atoms with Gasteiger partial charge in [0.15, 0.2) is 0 Å². The molecule has 0 amide bonds. The van der Waals surface area contributed by atoms with Crippen LogP contribution in [0.1, 0.15) is 24.1 Å². The third kappa shape index (κ3) is 4.43. The Morgan fingerprint density at radius 2 is 1.76 bits per heavy atom.